The monoisotopic (exact) mass is 349 g/mol. The van der Waals surface area contributed by atoms with Crippen molar-refractivity contribution in [2.75, 3.05) is 6.54 Å². The Balaban J connectivity index is 0.00000529. The van der Waals surface area contributed by atoms with Gasteiger partial charge < -0.3 is 15.1 Å². The molecule has 2 N–H and O–H groups in total. The Morgan fingerprint density at radius 3 is 1.88 bits per heavy atom. The molecule has 6 nitrogen and oxygen atoms in total. The van der Waals surface area contributed by atoms with Gasteiger partial charge in [-0.2, -0.15) is 0 Å². The molecule has 2 unspecified atom stereocenters. The summed E-state index contributed by atoms with van der Waals surface area (Å²) in [5, 5.41) is 18.2. The molecule has 2 atom stereocenters. The van der Waals surface area contributed by atoms with Gasteiger partial charge in [0, 0.05) is 36.1 Å². The van der Waals surface area contributed by atoms with Crippen molar-refractivity contribution in [3.8, 4) is 0 Å². The van der Waals surface area contributed by atoms with Gasteiger partial charge in [0.1, 0.15) is 0 Å². The fourth-order valence-electron chi connectivity index (χ4n) is 2.95. The molecule has 0 aromatic heterocycles. The van der Waals surface area contributed by atoms with E-state index >= 15 is 0 Å². The maximum Gasteiger partial charge on any atom is 0.331 e. The fraction of sp³-hybridized carbons (Fsp3) is 0.824. The van der Waals surface area contributed by atoms with Gasteiger partial charge in [-0.05, 0) is 6.42 Å². The van der Waals surface area contributed by atoms with E-state index in [-0.39, 0.29) is 29.6 Å². The molecular formula is C17H30N2NaO4. The SMILES string of the molecule is CCCCCCCCCCCCN1C=NC(C(=O)O)C1C(=O)O.[Na]. The normalized spacial score (nSPS) is 19.3. The number of carboxylic acid groups (broad SMARTS) is 2. The Bertz CT molecular complexity index is 404. The predicted octanol–water partition coefficient (Wildman–Crippen LogP) is 2.78. The van der Waals surface area contributed by atoms with Crippen LogP contribution in [0.3, 0.4) is 0 Å². The number of aliphatic carboxylic acids is 2. The minimum Gasteiger partial charge on any atom is -0.480 e. The van der Waals surface area contributed by atoms with Crippen molar-refractivity contribution >= 4 is 47.8 Å². The molecule has 1 aliphatic heterocycles. The molecule has 0 aromatic carbocycles. The fourth-order valence-corrected chi connectivity index (χ4v) is 2.95. The Morgan fingerprint density at radius 2 is 1.42 bits per heavy atom. The summed E-state index contributed by atoms with van der Waals surface area (Å²) in [6.07, 6.45) is 13.5. The first-order valence-corrected chi connectivity index (χ1v) is 8.82. The summed E-state index contributed by atoms with van der Waals surface area (Å²) >= 11 is 0. The third kappa shape index (κ3) is 8.49. The van der Waals surface area contributed by atoms with Crippen LogP contribution in [0.1, 0.15) is 71.1 Å². The quantitative estimate of drug-likeness (QED) is 0.394. The Labute approximate surface area is 167 Å². The van der Waals surface area contributed by atoms with Crippen LogP contribution >= 0.6 is 0 Å². The van der Waals surface area contributed by atoms with Crippen molar-refractivity contribution in [2.24, 2.45) is 4.99 Å². The van der Waals surface area contributed by atoms with Crippen LogP contribution in [0.15, 0.2) is 4.99 Å². The van der Waals surface area contributed by atoms with Gasteiger partial charge in [0.15, 0.2) is 12.1 Å². The summed E-state index contributed by atoms with van der Waals surface area (Å²) in [5.74, 6) is -2.30. The van der Waals surface area contributed by atoms with E-state index in [1.807, 2.05) is 0 Å². The van der Waals surface area contributed by atoms with Gasteiger partial charge in [-0.1, -0.05) is 64.7 Å². The van der Waals surface area contributed by atoms with Crippen molar-refractivity contribution in [3.63, 3.8) is 0 Å². The van der Waals surface area contributed by atoms with Crippen molar-refractivity contribution in [1.82, 2.24) is 4.90 Å². The molecule has 0 saturated heterocycles. The molecule has 133 valence electrons. The van der Waals surface area contributed by atoms with E-state index in [4.69, 9.17) is 5.11 Å². The average Bonchev–Trinajstić information content (AvgIpc) is 2.93. The van der Waals surface area contributed by atoms with E-state index in [9.17, 15) is 14.7 Å². The van der Waals surface area contributed by atoms with E-state index in [1.165, 1.54) is 51.3 Å². The number of rotatable bonds is 13. The largest absolute Gasteiger partial charge is 0.480 e. The number of unbranched alkanes of at least 4 members (excludes halogenated alkanes) is 9. The zero-order valence-electron chi connectivity index (χ0n) is 15.1. The zero-order valence-corrected chi connectivity index (χ0v) is 17.1. The van der Waals surface area contributed by atoms with Crippen LogP contribution in [-0.2, 0) is 9.59 Å². The molecule has 0 bridgehead atoms. The molecule has 1 radical (unpaired) electrons. The number of carbonyl (C=O) groups is 2. The molecule has 0 fully saturated rings. The van der Waals surface area contributed by atoms with Gasteiger partial charge in [0.05, 0.1) is 6.34 Å². The summed E-state index contributed by atoms with van der Waals surface area (Å²) in [7, 11) is 0. The summed E-state index contributed by atoms with van der Waals surface area (Å²) in [6, 6.07) is -2.25. The van der Waals surface area contributed by atoms with Gasteiger partial charge in [0.25, 0.3) is 0 Å². The van der Waals surface area contributed by atoms with Crippen molar-refractivity contribution in [3.05, 3.63) is 0 Å². The predicted molar refractivity (Wildman–Crippen MR) is 95.6 cm³/mol. The minimum atomic E-state index is -1.18. The van der Waals surface area contributed by atoms with Crippen LogP contribution in [0, 0.1) is 0 Å². The van der Waals surface area contributed by atoms with E-state index < -0.39 is 24.0 Å². The molecule has 1 rings (SSSR count). The average molecular weight is 349 g/mol. The second-order valence-electron chi connectivity index (χ2n) is 6.25. The summed E-state index contributed by atoms with van der Waals surface area (Å²) < 4.78 is 0. The third-order valence-electron chi connectivity index (χ3n) is 4.31. The number of aliphatic imine (C=N–C) groups is 1. The molecule has 0 aliphatic carbocycles. The Kier molecular flexibility index (Phi) is 13.3. The molecule has 24 heavy (non-hydrogen) atoms. The van der Waals surface area contributed by atoms with Gasteiger partial charge in [-0.3, -0.25) is 4.99 Å². The number of nitrogens with zero attached hydrogens (tertiary/aromatic N) is 2. The van der Waals surface area contributed by atoms with Gasteiger partial charge in [-0.15, -0.1) is 0 Å². The van der Waals surface area contributed by atoms with Gasteiger partial charge >= 0.3 is 11.9 Å². The van der Waals surface area contributed by atoms with Crippen LogP contribution < -0.4 is 0 Å². The van der Waals surface area contributed by atoms with E-state index in [0.717, 1.165) is 19.3 Å². The smallest absolute Gasteiger partial charge is 0.331 e. The first kappa shape index (κ1) is 23.4. The second-order valence-corrected chi connectivity index (χ2v) is 6.25. The molecule has 7 heteroatoms. The summed E-state index contributed by atoms with van der Waals surface area (Å²) in [5.41, 5.74) is 0. The first-order valence-electron chi connectivity index (χ1n) is 8.82. The van der Waals surface area contributed by atoms with E-state index in [2.05, 4.69) is 11.9 Å². The van der Waals surface area contributed by atoms with Crippen LogP contribution in [0.25, 0.3) is 0 Å². The maximum absolute atomic E-state index is 11.2. The van der Waals surface area contributed by atoms with Gasteiger partial charge in [0.2, 0.25) is 0 Å². The Morgan fingerprint density at radius 1 is 0.917 bits per heavy atom. The van der Waals surface area contributed by atoms with Crippen LogP contribution in [0.5, 0.6) is 0 Å². The standard InChI is InChI=1S/C17H30N2O4.Na/c1-2-3-4-5-6-7-8-9-10-11-12-19-13-18-14(16(20)21)15(19)17(22)23;/h13-15H,2-12H2,1H3,(H,20,21)(H,22,23);. The summed E-state index contributed by atoms with van der Waals surface area (Å²) in [6.45, 7) is 2.78. The number of hydrogen-bond acceptors (Lipinski definition) is 4. The molecule has 1 heterocycles. The van der Waals surface area contributed by atoms with Crippen molar-refractivity contribution < 1.29 is 19.8 Å². The summed E-state index contributed by atoms with van der Waals surface area (Å²) in [4.78, 5) is 27.6. The third-order valence-corrected chi connectivity index (χ3v) is 4.31. The molecule has 1 aliphatic rings. The zero-order chi connectivity index (χ0) is 17.1. The van der Waals surface area contributed by atoms with Crippen molar-refractivity contribution in [1.29, 1.82) is 0 Å². The minimum absolute atomic E-state index is 0. The maximum atomic E-state index is 11.2. The van der Waals surface area contributed by atoms with Gasteiger partial charge in [-0.25, -0.2) is 9.59 Å². The Hall–Kier alpha value is -0.590. The van der Waals surface area contributed by atoms with E-state index in [0.29, 0.717) is 6.54 Å². The number of hydrogen-bond donors (Lipinski definition) is 2. The molecular weight excluding hydrogens is 319 g/mol. The van der Waals surface area contributed by atoms with Crippen LogP contribution in [0.2, 0.25) is 0 Å². The topological polar surface area (TPSA) is 90.2 Å². The first-order chi connectivity index (χ1) is 11.1. The molecule has 0 aromatic rings. The van der Waals surface area contributed by atoms with Crippen LogP contribution in [0.4, 0.5) is 0 Å². The number of carboxylic acids is 2. The van der Waals surface area contributed by atoms with Crippen LogP contribution in [-0.4, -0.2) is 81.6 Å². The molecule has 0 saturated carbocycles. The molecule has 0 spiro atoms. The second kappa shape index (κ2) is 13.7. The molecule has 0 amide bonds. The van der Waals surface area contributed by atoms with Crippen molar-refractivity contribution in [2.45, 2.75) is 83.2 Å². The van der Waals surface area contributed by atoms with E-state index in [1.54, 1.807) is 4.90 Å².